The van der Waals surface area contributed by atoms with Crippen LogP contribution >= 0.6 is 23.4 Å². The van der Waals surface area contributed by atoms with Crippen LogP contribution < -0.4 is 5.32 Å². The van der Waals surface area contributed by atoms with Gasteiger partial charge in [-0.15, -0.1) is 0 Å². The van der Waals surface area contributed by atoms with Crippen molar-refractivity contribution < 1.29 is 5.11 Å². The Morgan fingerprint density at radius 1 is 1.41 bits per heavy atom. The summed E-state index contributed by atoms with van der Waals surface area (Å²) in [6.07, 6.45) is 0.857. The Kier molecular flexibility index (Phi) is 5.16. The molecule has 0 saturated carbocycles. The van der Waals surface area contributed by atoms with Crippen LogP contribution in [0.1, 0.15) is 18.1 Å². The van der Waals surface area contributed by atoms with Crippen LogP contribution in [0.2, 0.25) is 5.02 Å². The van der Waals surface area contributed by atoms with Gasteiger partial charge >= 0.3 is 0 Å². The maximum Gasteiger partial charge on any atom is 0.0914 e. The zero-order valence-corrected chi connectivity index (χ0v) is 11.3. The number of benzene rings is 1. The van der Waals surface area contributed by atoms with Crippen LogP contribution in [-0.2, 0) is 0 Å². The third-order valence-electron chi connectivity index (χ3n) is 3.05. The Morgan fingerprint density at radius 3 is 2.82 bits per heavy atom. The van der Waals surface area contributed by atoms with Gasteiger partial charge in [-0.05, 0) is 48.1 Å². The zero-order valence-electron chi connectivity index (χ0n) is 9.73. The second-order valence-corrected chi connectivity index (χ2v) is 6.04. The number of thioether (sulfide) groups is 1. The van der Waals surface area contributed by atoms with Gasteiger partial charge in [0.05, 0.1) is 6.10 Å². The van der Waals surface area contributed by atoms with Gasteiger partial charge in [-0.25, -0.2) is 0 Å². The molecule has 94 valence electrons. The Hall–Kier alpha value is -0.220. The van der Waals surface area contributed by atoms with Crippen molar-refractivity contribution in [2.24, 2.45) is 5.92 Å². The summed E-state index contributed by atoms with van der Waals surface area (Å²) in [5.41, 5.74) is 0.919. The van der Waals surface area contributed by atoms with Gasteiger partial charge in [-0.1, -0.05) is 23.7 Å². The molecule has 17 heavy (non-hydrogen) atoms. The summed E-state index contributed by atoms with van der Waals surface area (Å²) < 4.78 is 0. The second-order valence-electron chi connectivity index (χ2n) is 4.46. The molecular formula is C13H18ClNOS. The molecule has 2 N–H and O–H groups in total. The number of halogens is 1. The average molecular weight is 272 g/mol. The maximum absolute atomic E-state index is 9.97. The Balaban J connectivity index is 1.72. The number of hydrogen-bond acceptors (Lipinski definition) is 3. The van der Waals surface area contributed by atoms with Crippen LogP contribution in [-0.4, -0.2) is 29.7 Å². The molecule has 0 spiro atoms. The van der Waals surface area contributed by atoms with E-state index in [1.807, 2.05) is 36.0 Å². The van der Waals surface area contributed by atoms with Crippen LogP contribution in [0, 0.1) is 5.92 Å². The van der Waals surface area contributed by atoms with Crippen molar-refractivity contribution in [3.05, 3.63) is 34.9 Å². The van der Waals surface area contributed by atoms with E-state index in [0.717, 1.165) is 18.0 Å². The molecule has 2 atom stereocenters. The Bertz CT molecular complexity index is 338. The third kappa shape index (κ3) is 4.18. The number of rotatable bonds is 5. The quantitative estimate of drug-likeness (QED) is 0.864. The fourth-order valence-electron chi connectivity index (χ4n) is 1.97. The Morgan fingerprint density at radius 2 is 2.18 bits per heavy atom. The highest BCUT2D eigenvalue weighted by Gasteiger charge is 2.15. The number of aliphatic hydroxyl groups excluding tert-OH is 1. The fraction of sp³-hybridized carbons (Fsp3) is 0.538. The number of nitrogens with one attached hydrogen (secondary N) is 1. The first-order valence-corrected chi connectivity index (χ1v) is 7.51. The molecule has 1 aliphatic heterocycles. The SMILES string of the molecule is OC(CNCC1CCSC1)c1ccc(Cl)cc1. The Labute approximate surface area is 112 Å². The highest BCUT2D eigenvalue weighted by molar-refractivity contribution is 7.99. The van der Waals surface area contributed by atoms with Gasteiger partial charge in [0.1, 0.15) is 0 Å². The summed E-state index contributed by atoms with van der Waals surface area (Å²) >= 11 is 7.83. The molecule has 2 unspecified atom stereocenters. The molecule has 1 saturated heterocycles. The van der Waals surface area contributed by atoms with Crippen LogP contribution in [0.15, 0.2) is 24.3 Å². The van der Waals surface area contributed by atoms with Gasteiger partial charge in [-0.3, -0.25) is 0 Å². The van der Waals surface area contributed by atoms with E-state index in [4.69, 9.17) is 11.6 Å². The smallest absolute Gasteiger partial charge is 0.0914 e. The predicted molar refractivity (Wildman–Crippen MR) is 74.7 cm³/mol. The maximum atomic E-state index is 9.97. The number of hydrogen-bond donors (Lipinski definition) is 2. The highest BCUT2D eigenvalue weighted by Crippen LogP contribution is 2.22. The van der Waals surface area contributed by atoms with E-state index in [2.05, 4.69) is 5.32 Å². The predicted octanol–water partition coefficient (Wildman–Crippen LogP) is 2.72. The van der Waals surface area contributed by atoms with E-state index in [1.54, 1.807) is 0 Å². The molecule has 1 heterocycles. The van der Waals surface area contributed by atoms with E-state index in [9.17, 15) is 5.11 Å². The summed E-state index contributed by atoms with van der Waals surface area (Å²) in [4.78, 5) is 0. The molecule has 1 fully saturated rings. The van der Waals surface area contributed by atoms with Crippen LogP contribution in [0.4, 0.5) is 0 Å². The van der Waals surface area contributed by atoms with Crippen LogP contribution in [0.25, 0.3) is 0 Å². The summed E-state index contributed by atoms with van der Waals surface area (Å²) in [7, 11) is 0. The minimum absolute atomic E-state index is 0.443. The van der Waals surface area contributed by atoms with E-state index in [-0.39, 0.29) is 0 Å². The topological polar surface area (TPSA) is 32.3 Å². The zero-order chi connectivity index (χ0) is 12.1. The van der Waals surface area contributed by atoms with Gasteiger partial charge in [0.2, 0.25) is 0 Å². The van der Waals surface area contributed by atoms with E-state index in [1.165, 1.54) is 17.9 Å². The summed E-state index contributed by atoms with van der Waals surface area (Å²) in [5, 5.41) is 14.0. The normalized spacial score (nSPS) is 21.6. The fourth-order valence-corrected chi connectivity index (χ4v) is 3.38. The van der Waals surface area contributed by atoms with E-state index >= 15 is 0 Å². The lowest BCUT2D eigenvalue weighted by Crippen LogP contribution is -2.27. The largest absolute Gasteiger partial charge is 0.387 e. The van der Waals surface area contributed by atoms with Gasteiger partial charge in [0.25, 0.3) is 0 Å². The van der Waals surface area contributed by atoms with E-state index < -0.39 is 6.10 Å². The molecule has 2 nitrogen and oxygen atoms in total. The summed E-state index contributed by atoms with van der Waals surface area (Å²) in [6.45, 7) is 1.63. The molecule has 2 rings (SSSR count). The van der Waals surface area contributed by atoms with Gasteiger partial charge in [-0.2, -0.15) is 11.8 Å². The van der Waals surface area contributed by atoms with Crippen LogP contribution in [0.3, 0.4) is 0 Å². The number of aliphatic hydroxyl groups is 1. The first kappa shape index (κ1) is 13.2. The average Bonchev–Trinajstić information content (AvgIpc) is 2.83. The molecule has 0 aromatic heterocycles. The van der Waals surface area contributed by atoms with Crippen molar-refractivity contribution in [2.75, 3.05) is 24.6 Å². The second kappa shape index (κ2) is 6.64. The highest BCUT2D eigenvalue weighted by atomic mass is 35.5. The lowest BCUT2D eigenvalue weighted by Gasteiger charge is -2.14. The lowest BCUT2D eigenvalue weighted by atomic mass is 10.1. The van der Waals surface area contributed by atoms with Gasteiger partial charge in [0, 0.05) is 11.6 Å². The van der Waals surface area contributed by atoms with Crippen molar-refractivity contribution in [3.63, 3.8) is 0 Å². The lowest BCUT2D eigenvalue weighted by molar-refractivity contribution is 0.173. The van der Waals surface area contributed by atoms with E-state index in [0.29, 0.717) is 11.6 Å². The van der Waals surface area contributed by atoms with Gasteiger partial charge < -0.3 is 10.4 Å². The molecule has 0 amide bonds. The molecular weight excluding hydrogens is 254 g/mol. The van der Waals surface area contributed by atoms with Crippen molar-refractivity contribution in [1.29, 1.82) is 0 Å². The molecule has 1 aromatic rings. The minimum Gasteiger partial charge on any atom is -0.387 e. The molecule has 1 aromatic carbocycles. The monoisotopic (exact) mass is 271 g/mol. The standard InChI is InChI=1S/C13H18ClNOS/c14-12-3-1-11(2-4-12)13(16)8-15-7-10-5-6-17-9-10/h1-4,10,13,15-16H,5-9H2. The molecule has 4 heteroatoms. The first-order chi connectivity index (χ1) is 8.25. The van der Waals surface area contributed by atoms with Gasteiger partial charge in [0.15, 0.2) is 0 Å². The van der Waals surface area contributed by atoms with Crippen molar-refractivity contribution in [3.8, 4) is 0 Å². The van der Waals surface area contributed by atoms with Crippen molar-refractivity contribution in [1.82, 2.24) is 5.32 Å². The summed E-state index contributed by atoms with van der Waals surface area (Å²) in [5.74, 6) is 3.31. The van der Waals surface area contributed by atoms with Crippen molar-refractivity contribution in [2.45, 2.75) is 12.5 Å². The molecule has 0 bridgehead atoms. The van der Waals surface area contributed by atoms with Crippen molar-refractivity contribution >= 4 is 23.4 Å². The first-order valence-electron chi connectivity index (χ1n) is 5.97. The summed E-state index contributed by atoms with van der Waals surface area (Å²) in [6, 6.07) is 7.38. The third-order valence-corrected chi connectivity index (χ3v) is 4.53. The molecule has 0 aliphatic carbocycles. The molecule has 0 radical (unpaired) electrons. The van der Waals surface area contributed by atoms with Crippen LogP contribution in [0.5, 0.6) is 0 Å². The minimum atomic E-state index is -0.443. The molecule has 1 aliphatic rings.